The molecule has 1 aliphatic rings. The number of aryl methyl sites for hydroxylation is 1. The minimum atomic E-state index is -0.127. The highest BCUT2D eigenvalue weighted by Crippen LogP contribution is 2.30. The zero-order chi connectivity index (χ0) is 11.5. The molecular formula is C15H22O. The summed E-state index contributed by atoms with van der Waals surface area (Å²) in [6.45, 7) is 4.32. The maximum atomic E-state index is 10.3. The van der Waals surface area contributed by atoms with Crippen LogP contribution in [0.15, 0.2) is 24.3 Å². The van der Waals surface area contributed by atoms with Crippen molar-refractivity contribution in [1.82, 2.24) is 0 Å². The highest BCUT2D eigenvalue weighted by molar-refractivity contribution is 5.29. The van der Waals surface area contributed by atoms with Crippen LogP contribution in [0.4, 0.5) is 0 Å². The Kier molecular flexibility index (Phi) is 3.65. The number of rotatable bonds is 3. The highest BCUT2D eigenvalue weighted by Gasteiger charge is 2.27. The minimum Gasteiger partial charge on any atom is -0.393 e. The first-order valence-corrected chi connectivity index (χ1v) is 6.47. The average molecular weight is 218 g/mol. The average Bonchev–Trinajstić information content (AvgIpc) is 2.36. The predicted octanol–water partition coefficient (Wildman–Crippen LogP) is 3.20. The van der Waals surface area contributed by atoms with Crippen molar-refractivity contribution in [3.05, 3.63) is 35.4 Å². The Balaban J connectivity index is 2.08. The summed E-state index contributed by atoms with van der Waals surface area (Å²) in [5.41, 5.74) is 2.93. The maximum Gasteiger partial charge on any atom is 0.0597 e. The van der Waals surface area contributed by atoms with Crippen LogP contribution in [0, 0.1) is 11.8 Å². The van der Waals surface area contributed by atoms with Crippen LogP contribution in [0.1, 0.15) is 37.8 Å². The summed E-state index contributed by atoms with van der Waals surface area (Å²) < 4.78 is 0. The van der Waals surface area contributed by atoms with Crippen LogP contribution in [0.5, 0.6) is 0 Å². The van der Waals surface area contributed by atoms with Crippen molar-refractivity contribution in [2.75, 3.05) is 0 Å². The van der Waals surface area contributed by atoms with Gasteiger partial charge in [-0.25, -0.2) is 0 Å². The molecule has 1 aliphatic carbocycles. The van der Waals surface area contributed by atoms with E-state index in [0.717, 1.165) is 25.7 Å². The van der Waals surface area contributed by atoms with Crippen molar-refractivity contribution in [1.29, 1.82) is 0 Å². The first-order chi connectivity index (χ1) is 7.72. The van der Waals surface area contributed by atoms with Crippen LogP contribution in [0.3, 0.4) is 0 Å². The van der Waals surface area contributed by atoms with E-state index in [0.29, 0.717) is 11.8 Å². The molecule has 3 atom stereocenters. The van der Waals surface area contributed by atoms with Crippen LogP contribution in [-0.2, 0) is 12.8 Å². The van der Waals surface area contributed by atoms with Crippen LogP contribution in [-0.4, -0.2) is 11.2 Å². The van der Waals surface area contributed by atoms with Crippen molar-refractivity contribution in [3.63, 3.8) is 0 Å². The van der Waals surface area contributed by atoms with E-state index in [9.17, 15) is 5.11 Å². The summed E-state index contributed by atoms with van der Waals surface area (Å²) in [5.74, 6) is 0.889. The van der Waals surface area contributed by atoms with Crippen LogP contribution >= 0.6 is 0 Å². The molecule has 0 saturated heterocycles. The quantitative estimate of drug-likeness (QED) is 0.826. The number of benzene rings is 1. The molecule has 0 saturated carbocycles. The molecule has 0 aromatic heterocycles. The second kappa shape index (κ2) is 5.01. The Bertz CT molecular complexity index is 345. The summed E-state index contributed by atoms with van der Waals surface area (Å²) in [6, 6.07) is 8.66. The van der Waals surface area contributed by atoms with Crippen LogP contribution < -0.4 is 0 Å². The smallest absolute Gasteiger partial charge is 0.0597 e. The molecule has 1 N–H and O–H groups in total. The Morgan fingerprint density at radius 2 is 2.00 bits per heavy atom. The Morgan fingerprint density at radius 3 is 2.69 bits per heavy atom. The summed E-state index contributed by atoms with van der Waals surface area (Å²) in [6.07, 6.45) is 4.27. The molecule has 0 fully saturated rings. The molecule has 1 nitrogen and oxygen atoms in total. The lowest BCUT2D eigenvalue weighted by Crippen LogP contribution is -2.31. The third-order valence-electron chi connectivity index (χ3n) is 4.09. The van der Waals surface area contributed by atoms with Gasteiger partial charge in [0.2, 0.25) is 0 Å². The highest BCUT2D eigenvalue weighted by atomic mass is 16.3. The van der Waals surface area contributed by atoms with Gasteiger partial charge in [0.05, 0.1) is 6.10 Å². The van der Waals surface area contributed by atoms with Crippen molar-refractivity contribution < 1.29 is 5.11 Å². The number of aliphatic hydroxyl groups is 1. The van der Waals surface area contributed by atoms with Gasteiger partial charge in [-0.3, -0.25) is 0 Å². The Labute approximate surface area is 98.5 Å². The number of hydrogen-bond donors (Lipinski definition) is 1. The van der Waals surface area contributed by atoms with Gasteiger partial charge in [-0.2, -0.15) is 0 Å². The summed E-state index contributed by atoms with van der Waals surface area (Å²) in [4.78, 5) is 0. The Morgan fingerprint density at radius 1 is 1.31 bits per heavy atom. The lowest BCUT2D eigenvalue weighted by molar-refractivity contribution is 0.0493. The number of hydrogen-bond acceptors (Lipinski definition) is 1. The molecule has 0 bridgehead atoms. The van der Waals surface area contributed by atoms with E-state index in [1.54, 1.807) is 0 Å². The molecule has 1 heteroatoms. The first-order valence-electron chi connectivity index (χ1n) is 6.47. The summed E-state index contributed by atoms with van der Waals surface area (Å²) in [7, 11) is 0. The molecule has 0 aliphatic heterocycles. The summed E-state index contributed by atoms with van der Waals surface area (Å²) in [5, 5.41) is 10.3. The molecule has 3 unspecified atom stereocenters. The van der Waals surface area contributed by atoms with Crippen molar-refractivity contribution >= 4 is 0 Å². The standard InChI is InChI=1S/C15H22O/c1-3-11(2)15(16)14-9-8-12-6-4-5-7-13(12)10-14/h4-7,11,14-16H,3,8-10H2,1-2H3. The normalized spacial score (nSPS) is 23.6. The van der Waals surface area contributed by atoms with E-state index < -0.39 is 0 Å². The fourth-order valence-corrected chi connectivity index (χ4v) is 2.72. The monoisotopic (exact) mass is 218 g/mol. The number of aliphatic hydroxyl groups excluding tert-OH is 1. The third-order valence-corrected chi connectivity index (χ3v) is 4.09. The lowest BCUT2D eigenvalue weighted by atomic mass is 9.77. The van der Waals surface area contributed by atoms with Crippen molar-refractivity contribution in [2.24, 2.45) is 11.8 Å². The molecule has 0 heterocycles. The van der Waals surface area contributed by atoms with Crippen molar-refractivity contribution in [3.8, 4) is 0 Å². The zero-order valence-electron chi connectivity index (χ0n) is 10.3. The minimum absolute atomic E-state index is 0.127. The molecule has 2 rings (SSSR count). The van der Waals surface area contributed by atoms with E-state index in [1.807, 2.05) is 0 Å². The third kappa shape index (κ3) is 2.30. The van der Waals surface area contributed by atoms with Gasteiger partial charge in [0, 0.05) is 0 Å². The molecule has 0 spiro atoms. The maximum absolute atomic E-state index is 10.3. The molecule has 1 aromatic rings. The van der Waals surface area contributed by atoms with Gasteiger partial charge in [-0.05, 0) is 42.2 Å². The van der Waals surface area contributed by atoms with Gasteiger partial charge in [-0.1, -0.05) is 44.5 Å². The van der Waals surface area contributed by atoms with E-state index in [4.69, 9.17) is 0 Å². The van der Waals surface area contributed by atoms with Gasteiger partial charge in [0.25, 0.3) is 0 Å². The van der Waals surface area contributed by atoms with E-state index in [2.05, 4.69) is 38.1 Å². The largest absolute Gasteiger partial charge is 0.393 e. The van der Waals surface area contributed by atoms with E-state index in [-0.39, 0.29) is 6.10 Å². The van der Waals surface area contributed by atoms with Crippen LogP contribution in [0.25, 0.3) is 0 Å². The zero-order valence-corrected chi connectivity index (χ0v) is 10.3. The van der Waals surface area contributed by atoms with Gasteiger partial charge in [0.1, 0.15) is 0 Å². The van der Waals surface area contributed by atoms with E-state index >= 15 is 0 Å². The molecule has 16 heavy (non-hydrogen) atoms. The first kappa shape index (κ1) is 11.7. The fraction of sp³-hybridized carbons (Fsp3) is 0.600. The van der Waals surface area contributed by atoms with Gasteiger partial charge >= 0.3 is 0 Å². The molecule has 0 amide bonds. The topological polar surface area (TPSA) is 20.2 Å². The number of fused-ring (bicyclic) bond motifs is 1. The molecule has 1 aromatic carbocycles. The second-order valence-corrected chi connectivity index (χ2v) is 5.15. The van der Waals surface area contributed by atoms with Crippen LogP contribution in [0.2, 0.25) is 0 Å². The van der Waals surface area contributed by atoms with Gasteiger partial charge < -0.3 is 5.11 Å². The molecule has 0 radical (unpaired) electrons. The fourth-order valence-electron chi connectivity index (χ4n) is 2.72. The van der Waals surface area contributed by atoms with Gasteiger partial charge in [0.15, 0.2) is 0 Å². The van der Waals surface area contributed by atoms with Crippen molar-refractivity contribution in [2.45, 2.75) is 45.6 Å². The summed E-state index contributed by atoms with van der Waals surface area (Å²) >= 11 is 0. The molecular weight excluding hydrogens is 196 g/mol. The second-order valence-electron chi connectivity index (χ2n) is 5.15. The predicted molar refractivity (Wildman–Crippen MR) is 67.4 cm³/mol. The Hall–Kier alpha value is -0.820. The van der Waals surface area contributed by atoms with E-state index in [1.165, 1.54) is 11.1 Å². The SMILES string of the molecule is CCC(C)C(O)C1CCc2ccccc2C1. The lowest BCUT2D eigenvalue weighted by Gasteiger charge is -2.31. The van der Waals surface area contributed by atoms with Gasteiger partial charge in [-0.15, -0.1) is 0 Å². The molecule has 88 valence electrons.